The Hall–Kier alpha value is -0.930. The highest BCUT2D eigenvalue weighted by atomic mass is 35.5. The molecule has 0 bridgehead atoms. The SMILES string of the molecule is COC1CCCCC1Nc1ccc(N(C)C)c(Cl)c1. The molecule has 0 aromatic heterocycles. The predicted molar refractivity (Wildman–Crippen MR) is 82.5 cm³/mol. The molecule has 0 heterocycles. The molecule has 106 valence electrons. The lowest BCUT2D eigenvalue weighted by Gasteiger charge is -2.32. The number of ether oxygens (including phenoxy) is 1. The molecule has 1 aliphatic carbocycles. The van der Waals surface area contributed by atoms with Crippen molar-refractivity contribution in [2.45, 2.75) is 37.8 Å². The van der Waals surface area contributed by atoms with E-state index in [-0.39, 0.29) is 0 Å². The summed E-state index contributed by atoms with van der Waals surface area (Å²) in [5.74, 6) is 0. The molecule has 0 radical (unpaired) electrons. The molecule has 1 saturated carbocycles. The fourth-order valence-corrected chi connectivity index (χ4v) is 3.07. The second-order valence-corrected chi connectivity index (χ2v) is 5.78. The summed E-state index contributed by atoms with van der Waals surface area (Å²) >= 11 is 6.30. The van der Waals surface area contributed by atoms with E-state index in [2.05, 4.69) is 17.4 Å². The molecular formula is C15H23ClN2O. The quantitative estimate of drug-likeness (QED) is 0.910. The second-order valence-electron chi connectivity index (χ2n) is 5.37. The van der Waals surface area contributed by atoms with Crippen molar-refractivity contribution in [3.05, 3.63) is 23.2 Å². The molecule has 0 aliphatic heterocycles. The minimum Gasteiger partial charge on any atom is -0.380 e. The third-order valence-electron chi connectivity index (χ3n) is 3.79. The van der Waals surface area contributed by atoms with Crippen LogP contribution in [0.15, 0.2) is 18.2 Å². The lowest BCUT2D eigenvalue weighted by molar-refractivity contribution is 0.0606. The van der Waals surface area contributed by atoms with E-state index in [1.54, 1.807) is 7.11 Å². The second kappa shape index (κ2) is 6.49. The molecule has 2 rings (SSSR count). The number of halogens is 1. The Morgan fingerprint density at radius 3 is 2.63 bits per heavy atom. The minimum atomic E-state index is 0.307. The van der Waals surface area contributed by atoms with Crippen LogP contribution < -0.4 is 10.2 Å². The molecule has 4 heteroatoms. The summed E-state index contributed by atoms with van der Waals surface area (Å²) in [5.41, 5.74) is 2.11. The van der Waals surface area contributed by atoms with Crippen LogP contribution in [-0.2, 0) is 4.74 Å². The van der Waals surface area contributed by atoms with Crippen LogP contribution in [-0.4, -0.2) is 33.4 Å². The normalized spacial score (nSPS) is 23.2. The minimum absolute atomic E-state index is 0.307. The van der Waals surface area contributed by atoms with E-state index < -0.39 is 0 Å². The van der Waals surface area contributed by atoms with Gasteiger partial charge in [-0.05, 0) is 31.0 Å². The fourth-order valence-electron chi connectivity index (χ4n) is 2.72. The molecule has 0 spiro atoms. The number of anilines is 2. The summed E-state index contributed by atoms with van der Waals surface area (Å²) in [7, 11) is 5.79. The number of methoxy groups -OCH3 is 1. The number of hydrogen-bond acceptors (Lipinski definition) is 3. The standard InChI is InChI=1S/C15H23ClN2O/c1-18(2)14-9-8-11(10-12(14)16)17-13-6-4-5-7-15(13)19-3/h8-10,13,15,17H,4-7H2,1-3H3. The van der Waals surface area contributed by atoms with Crippen molar-refractivity contribution >= 4 is 23.0 Å². The maximum atomic E-state index is 6.30. The Labute approximate surface area is 120 Å². The van der Waals surface area contributed by atoms with Gasteiger partial charge in [-0.3, -0.25) is 0 Å². The van der Waals surface area contributed by atoms with Crippen LogP contribution in [0.25, 0.3) is 0 Å². The maximum Gasteiger partial charge on any atom is 0.0772 e. The van der Waals surface area contributed by atoms with Crippen LogP contribution >= 0.6 is 11.6 Å². The molecule has 1 aromatic rings. The van der Waals surface area contributed by atoms with Gasteiger partial charge in [0.05, 0.1) is 22.9 Å². The summed E-state index contributed by atoms with van der Waals surface area (Å²) in [6.45, 7) is 0. The predicted octanol–water partition coefficient (Wildman–Crippen LogP) is 3.78. The first-order valence-electron chi connectivity index (χ1n) is 6.88. The van der Waals surface area contributed by atoms with E-state index in [0.29, 0.717) is 12.1 Å². The Kier molecular flexibility index (Phi) is 4.94. The summed E-state index contributed by atoms with van der Waals surface area (Å²) in [6, 6.07) is 6.52. The smallest absolute Gasteiger partial charge is 0.0772 e. The van der Waals surface area contributed by atoms with Crippen molar-refractivity contribution in [2.24, 2.45) is 0 Å². The lowest BCUT2D eigenvalue weighted by Crippen LogP contribution is -2.37. The van der Waals surface area contributed by atoms with Gasteiger partial charge in [0.2, 0.25) is 0 Å². The molecular weight excluding hydrogens is 260 g/mol. The average Bonchev–Trinajstić information content (AvgIpc) is 2.39. The van der Waals surface area contributed by atoms with E-state index in [9.17, 15) is 0 Å². The van der Waals surface area contributed by atoms with Gasteiger partial charge in [0, 0.05) is 26.9 Å². The van der Waals surface area contributed by atoms with E-state index in [4.69, 9.17) is 16.3 Å². The van der Waals surface area contributed by atoms with Gasteiger partial charge in [0.15, 0.2) is 0 Å². The lowest BCUT2D eigenvalue weighted by atomic mass is 9.92. The average molecular weight is 283 g/mol. The van der Waals surface area contributed by atoms with Crippen molar-refractivity contribution in [3.8, 4) is 0 Å². The number of nitrogens with zero attached hydrogens (tertiary/aromatic N) is 1. The number of rotatable bonds is 4. The van der Waals surface area contributed by atoms with Crippen LogP contribution in [0.2, 0.25) is 5.02 Å². The highest BCUT2D eigenvalue weighted by Crippen LogP contribution is 2.30. The van der Waals surface area contributed by atoms with Crippen molar-refractivity contribution in [1.82, 2.24) is 0 Å². The van der Waals surface area contributed by atoms with Crippen LogP contribution in [0, 0.1) is 0 Å². The van der Waals surface area contributed by atoms with Gasteiger partial charge in [-0.2, -0.15) is 0 Å². The largest absolute Gasteiger partial charge is 0.380 e. The topological polar surface area (TPSA) is 24.5 Å². The van der Waals surface area contributed by atoms with Crippen molar-refractivity contribution in [3.63, 3.8) is 0 Å². The third-order valence-corrected chi connectivity index (χ3v) is 4.09. The first-order chi connectivity index (χ1) is 9.11. The zero-order chi connectivity index (χ0) is 13.8. The monoisotopic (exact) mass is 282 g/mol. The van der Waals surface area contributed by atoms with Crippen molar-refractivity contribution in [2.75, 3.05) is 31.4 Å². The summed E-state index contributed by atoms with van der Waals surface area (Å²) in [5, 5.41) is 4.34. The molecule has 1 aromatic carbocycles. The molecule has 3 nitrogen and oxygen atoms in total. The Morgan fingerprint density at radius 1 is 1.26 bits per heavy atom. The summed E-state index contributed by atoms with van der Waals surface area (Å²) in [4.78, 5) is 2.02. The molecule has 2 unspecified atom stereocenters. The Morgan fingerprint density at radius 2 is 2.00 bits per heavy atom. The van der Waals surface area contributed by atoms with E-state index in [0.717, 1.165) is 29.2 Å². The zero-order valence-electron chi connectivity index (χ0n) is 11.9. The first-order valence-corrected chi connectivity index (χ1v) is 7.26. The number of benzene rings is 1. The molecule has 1 aliphatic rings. The summed E-state index contributed by atoms with van der Waals surface area (Å²) < 4.78 is 5.56. The van der Waals surface area contributed by atoms with Gasteiger partial charge >= 0.3 is 0 Å². The molecule has 0 saturated heterocycles. The van der Waals surface area contributed by atoms with Crippen LogP contribution in [0.1, 0.15) is 25.7 Å². The van der Waals surface area contributed by atoms with E-state index in [1.165, 1.54) is 12.8 Å². The Balaban J connectivity index is 2.08. The third kappa shape index (κ3) is 3.54. The van der Waals surface area contributed by atoms with Gasteiger partial charge in [-0.25, -0.2) is 0 Å². The Bertz CT molecular complexity index is 423. The molecule has 1 N–H and O–H groups in total. The van der Waals surface area contributed by atoms with Crippen molar-refractivity contribution < 1.29 is 4.74 Å². The van der Waals surface area contributed by atoms with E-state index >= 15 is 0 Å². The first kappa shape index (κ1) is 14.5. The van der Waals surface area contributed by atoms with Gasteiger partial charge in [0.25, 0.3) is 0 Å². The van der Waals surface area contributed by atoms with Crippen molar-refractivity contribution in [1.29, 1.82) is 0 Å². The number of hydrogen-bond donors (Lipinski definition) is 1. The highest BCUT2D eigenvalue weighted by Gasteiger charge is 2.24. The van der Waals surface area contributed by atoms with Gasteiger partial charge < -0.3 is 15.0 Å². The highest BCUT2D eigenvalue weighted by molar-refractivity contribution is 6.33. The zero-order valence-corrected chi connectivity index (χ0v) is 12.7. The fraction of sp³-hybridized carbons (Fsp3) is 0.600. The van der Waals surface area contributed by atoms with E-state index in [1.807, 2.05) is 25.1 Å². The van der Waals surface area contributed by atoms with Gasteiger partial charge in [-0.1, -0.05) is 24.4 Å². The van der Waals surface area contributed by atoms with Crippen LogP contribution in [0.5, 0.6) is 0 Å². The molecule has 1 fully saturated rings. The van der Waals surface area contributed by atoms with Crippen LogP contribution in [0.4, 0.5) is 11.4 Å². The molecule has 19 heavy (non-hydrogen) atoms. The molecule has 0 amide bonds. The maximum absolute atomic E-state index is 6.30. The van der Waals surface area contributed by atoms with Gasteiger partial charge in [-0.15, -0.1) is 0 Å². The van der Waals surface area contributed by atoms with Gasteiger partial charge in [0.1, 0.15) is 0 Å². The molecule has 2 atom stereocenters. The van der Waals surface area contributed by atoms with Crippen LogP contribution in [0.3, 0.4) is 0 Å². The number of nitrogens with one attached hydrogen (secondary N) is 1. The summed E-state index contributed by atoms with van der Waals surface area (Å²) in [6.07, 6.45) is 5.13.